The Morgan fingerprint density at radius 1 is 1.15 bits per heavy atom. The summed E-state index contributed by atoms with van der Waals surface area (Å²) in [6.07, 6.45) is 0. The van der Waals surface area contributed by atoms with Crippen LogP contribution in [0.25, 0.3) is 5.69 Å². The smallest absolute Gasteiger partial charge is 0.235 e. The van der Waals surface area contributed by atoms with Crippen molar-refractivity contribution in [2.45, 2.75) is 18.7 Å². The number of carbonyl (C=O) groups is 1. The standard InChI is InChI=1S/C21H18FN3OS/c1-14-15(2)25(17-6-4-3-5-7-17)21(19(14)12-23)24-20(26)13-27-18-10-8-16(22)9-11-18/h3-11H,13H2,1-2H3,(H,24,26). The number of hydrogen-bond acceptors (Lipinski definition) is 3. The number of nitriles is 1. The van der Waals surface area contributed by atoms with Crippen molar-refractivity contribution in [3.05, 3.63) is 77.2 Å². The minimum atomic E-state index is -0.311. The van der Waals surface area contributed by atoms with Crippen molar-refractivity contribution in [1.82, 2.24) is 4.57 Å². The number of amides is 1. The van der Waals surface area contributed by atoms with Crippen LogP contribution < -0.4 is 5.32 Å². The van der Waals surface area contributed by atoms with Gasteiger partial charge >= 0.3 is 0 Å². The molecule has 0 saturated carbocycles. The maximum absolute atomic E-state index is 13.0. The first-order valence-electron chi connectivity index (χ1n) is 8.37. The maximum atomic E-state index is 13.0. The SMILES string of the molecule is Cc1c(C#N)c(NC(=O)CSc2ccc(F)cc2)n(-c2ccccc2)c1C. The third-order valence-electron chi connectivity index (χ3n) is 4.28. The molecule has 0 aliphatic heterocycles. The molecule has 0 atom stereocenters. The lowest BCUT2D eigenvalue weighted by atomic mass is 10.2. The van der Waals surface area contributed by atoms with E-state index in [1.165, 1.54) is 23.9 Å². The van der Waals surface area contributed by atoms with Gasteiger partial charge in [-0.05, 0) is 55.8 Å². The third kappa shape index (κ3) is 4.04. The molecule has 1 heterocycles. The molecule has 4 nitrogen and oxygen atoms in total. The van der Waals surface area contributed by atoms with Crippen LogP contribution in [0.15, 0.2) is 59.5 Å². The van der Waals surface area contributed by atoms with Gasteiger partial charge in [0.15, 0.2) is 0 Å². The van der Waals surface area contributed by atoms with E-state index in [-0.39, 0.29) is 17.5 Å². The predicted octanol–water partition coefficient (Wildman–Crippen LogP) is 4.84. The Labute approximate surface area is 161 Å². The highest BCUT2D eigenvalue weighted by atomic mass is 32.2. The molecule has 0 radical (unpaired) electrons. The van der Waals surface area contributed by atoms with Gasteiger partial charge in [-0.1, -0.05) is 18.2 Å². The number of rotatable bonds is 5. The Morgan fingerprint density at radius 3 is 2.44 bits per heavy atom. The molecule has 0 aliphatic carbocycles. The lowest BCUT2D eigenvalue weighted by molar-refractivity contribution is -0.113. The van der Waals surface area contributed by atoms with Crippen LogP contribution in [0.5, 0.6) is 0 Å². The molecule has 136 valence electrons. The largest absolute Gasteiger partial charge is 0.310 e. The average molecular weight is 379 g/mol. The summed E-state index contributed by atoms with van der Waals surface area (Å²) >= 11 is 1.31. The molecule has 0 bridgehead atoms. The van der Waals surface area contributed by atoms with E-state index in [1.807, 2.05) is 48.7 Å². The molecule has 2 aromatic carbocycles. The Balaban J connectivity index is 1.85. The fraction of sp³-hybridized carbons (Fsp3) is 0.143. The van der Waals surface area contributed by atoms with Gasteiger partial charge in [0.05, 0.1) is 11.3 Å². The lowest BCUT2D eigenvalue weighted by Gasteiger charge is -2.13. The van der Waals surface area contributed by atoms with E-state index in [0.717, 1.165) is 21.8 Å². The van der Waals surface area contributed by atoms with Crippen LogP contribution in [0.1, 0.15) is 16.8 Å². The van der Waals surface area contributed by atoms with E-state index in [1.54, 1.807) is 12.1 Å². The van der Waals surface area contributed by atoms with E-state index in [0.29, 0.717) is 11.4 Å². The number of carbonyl (C=O) groups excluding carboxylic acids is 1. The molecule has 0 fully saturated rings. The maximum Gasteiger partial charge on any atom is 0.235 e. The van der Waals surface area contributed by atoms with Crippen LogP contribution >= 0.6 is 11.8 Å². The highest BCUT2D eigenvalue weighted by molar-refractivity contribution is 8.00. The second-order valence-corrected chi connectivity index (χ2v) is 7.06. The van der Waals surface area contributed by atoms with Gasteiger partial charge in [0.25, 0.3) is 0 Å². The lowest BCUT2D eigenvalue weighted by Crippen LogP contribution is -2.17. The monoisotopic (exact) mass is 379 g/mol. The van der Waals surface area contributed by atoms with Crippen molar-refractivity contribution in [1.29, 1.82) is 5.26 Å². The molecule has 0 saturated heterocycles. The second kappa shape index (κ2) is 8.11. The summed E-state index contributed by atoms with van der Waals surface area (Å²) in [6.45, 7) is 3.79. The van der Waals surface area contributed by atoms with Gasteiger partial charge in [-0.3, -0.25) is 9.36 Å². The van der Waals surface area contributed by atoms with Crippen LogP contribution in [-0.2, 0) is 4.79 Å². The van der Waals surface area contributed by atoms with Gasteiger partial charge in [-0.15, -0.1) is 11.8 Å². The van der Waals surface area contributed by atoms with Gasteiger partial charge in [0.2, 0.25) is 5.91 Å². The Kier molecular flexibility index (Phi) is 5.63. The fourth-order valence-electron chi connectivity index (χ4n) is 2.81. The summed E-state index contributed by atoms with van der Waals surface area (Å²) in [5, 5.41) is 12.5. The summed E-state index contributed by atoms with van der Waals surface area (Å²) in [6, 6.07) is 17.8. The molecule has 1 aromatic heterocycles. The predicted molar refractivity (Wildman–Crippen MR) is 106 cm³/mol. The normalized spacial score (nSPS) is 10.4. The Hall–Kier alpha value is -3.04. The second-order valence-electron chi connectivity index (χ2n) is 6.01. The number of anilines is 1. The van der Waals surface area contributed by atoms with Crippen LogP contribution in [0, 0.1) is 31.0 Å². The number of benzene rings is 2. The number of nitrogens with zero attached hydrogens (tertiary/aromatic N) is 2. The molecule has 0 spiro atoms. The van der Waals surface area contributed by atoms with E-state index < -0.39 is 0 Å². The molecule has 1 N–H and O–H groups in total. The van der Waals surface area contributed by atoms with E-state index in [2.05, 4.69) is 11.4 Å². The van der Waals surface area contributed by atoms with Crippen LogP contribution in [-0.4, -0.2) is 16.2 Å². The molecule has 0 aliphatic rings. The first-order chi connectivity index (χ1) is 13.0. The number of aromatic nitrogens is 1. The highest BCUT2D eigenvalue weighted by Gasteiger charge is 2.20. The zero-order valence-electron chi connectivity index (χ0n) is 15.0. The minimum Gasteiger partial charge on any atom is -0.310 e. The molecular formula is C21H18FN3OS. The fourth-order valence-corrected chi connectivity index (χ4v) is 3.51. The number of nitrogens with one attached hydrogen (secondary N) is 1. The molecule has 6 heteroatoms. The molecule has 27 heavy (non-hydrogen) atoms. The van der Waals surface area contributed by atoms with Crippen molar-refractivity contribution < 1.29 is 9.18 Å². The molecule has 1 amide bonds. The number of hydrogen-bond donors (Lipinski definition) is 1. The van der Waals surface area contributed by atoms with E-state index in [9.17, 15) is 14.4 Å². The number of halogens is 1. The minimum absolute atomic E-state index is 0.161. The van der Waals surface area contributed by atoms with Crippen LogP contribution in [0.2, 0.25) is 0 Å². The van der Waals surface area contributed by atoms with Gasteiger partial charge in [-0.25, -0.2) is 4.39 Å². The molecule has 3 aromatic rings. The first kappa shape index (κ1) is 18.7. The summed E-state index contributed by atoms with van der Waals surface area (Å²) in [5.41, 5.74) is 3.07. The van der Waals surface area contributed by atoms with Gasteiger partial charge in [0, 0.05) is 16.3 Å². The quantitative estimate of drug-likeness (QED) is 0.646. The molecular weight excluding hydrogens is 361 g/mol. The van der Waals surface area contributed by atoms with Crippen molar-refractivity contribution >= 4 is 23.5 Å². The number of thioether (sulfide) groups is 1. The average Bonchev–Trinajstić information content (AvgIpc) is 2.91. The van der Waals surface area contributed by atoms with Crippen molar-refractivity contribution in [3.8, 4) is 11.8 Å². The zero-order chi connectivity index (χ0) is 19.4. The van der Waals surface area contributed by atoms with Crippen LogP contribution in [0.4, 0.5) is 10.2 Å². The summed E-state index contributed by atoms with van der Waals surface area (Å²) in [5.74, 6) is 0.0993. The zero-order valence-corrected chi connectivity index (χ0v) is 15.8. The van der Waals surface area contributed by atoms with Crippen molar-refractivity contribution in [2.24, 2.45) is 0 Å². The Bertz CT molecular complexity index is 1000. The van der Waals surface area contributed by atoms with E-state index in [4.69, 9.17) is 0 Å². The Morgan fingerprint density at radius 2 is 1.81 bits per heavy atom. The third-order valence-corrected chi connectivity index (χ3v) is 5.29. The summed E-state index contributed by atoms with van der Waals surface area (Å²) in [7, 11) is 0. The van der Waals surface area contributed by atoms with Gasteiger partial charge < -0.3 is 5.32 Å². The van der Waals surface area contributed by atoms with E-state index >= 15 is 0 Å². The molecule has 0 unspecified atom stereocenters. The van der Waals surface area contributed by atoms with Gasteiger partial charge in [0.1, 0.15) is 17.7 Å². The van der Waals surface area contributed by atoms with Crippen molar-refractivity contribution in [2.75, 3.05) is 11.1 Å². The first-order valence-corrected chi connectivity index (χ1v) is 9.35. The topological polar surface area (TPSA) is 57.8 Å². The number of para-hydroxylation sites is 1. The van der Waals surface area contributed by atoms with Crippen LogP contribution in [0.3, 0.4) is 0 Å². The highest BCUT2D eigenvalue weighted by Crippen LogP contribution is 2.30. The van der Waals surface area contributed by atoms with Gasteiger partial charge in [-0.2, -0.15) is 5.26 Å². The summed E-state index contributed by atoms with van der Waals surface area (Å²) < 4.78 is 14.9. The van der Waals surface area contributed by atoms with Crippen molar-refractivity contribution in [3.63, 3.8) is 0 Å². The molecule has 3 rings (SSSR count). The summed E-state index contributed by atoms with van der Waals surface area (Å²) in [4.78, 5) is 13.3.